The summed E-state index contributed by atoms with van der Waals surface area (Å²) in [6.45, 7) is 2.82. The average molecular weight is 345 g/mol. The fraction of sp³-hybridized carbons (Fsp3) is 0.500. The number of likely N-dealkylation sites (N-methyl/N-ethyl adjacent to an activating group) is 1. The van der Waals surface area contributed by atoms with Gasteiger partial charge in [-0.25, -0.2) is 0 Å². The molecule has 0 spiro atoms. The number of fused-ring (bicyclic) bond motifs is 1. The number of nitrogens with two attached hydrogens (primary N) is 1. The number of amides is 3. The molecule has 0 bridgehead atoms. The average Bonchev–Trinajstić information content (AvgIpc) is 2.60. The lowest BCUT2D eigenvalue weighted by Crippen LogP contribution is -2.42. The van der Waals surface area contributed by atoms with Gasteiger partial charge in [-0.15, -0.1) is 0 Å². The van der Waals surface area contributed by atoms with Gasteiger partial charge in [-0.3, -0.25) is 14.4 Å². The highest BCUT2D eigenvalue weighted by molar-refractivity contribution is 5.99. The van der Waals surface area contributed by atoms with Crippen molar-refractivity contribution in [2.75, 3.05) is 25.0 Å². The van der Waals surface area contributed by atoms with Crippen molar-refractivity contribution in [3.63, 3.8) is 0 Å². The molecule has 7 heteroatoms. The Labute approximate surface area is 146 Å². The monoisotopic (exact) mass is 345 g/mol. The van der Waals surface area contributed by atoms with Crippen molar-refractivity contribution in [2.45, 2.75) is 32.3 Å². The lowest BCUT2D eigenvalue weighted by Gasteiger charge is -2.32. The number of hydrogen-bond acceptors (Lipinski definition) is 4. The normalized spacial score (nSPS) is 20.9. The Morgan fingerprint density at radius 2 is 1.96 bits per heavy atom. The molecule has 134 valence electrons. The molecule has 0 saturated carbocycles. The van der Waals surface area contributed by atoms with Crippen LogP contribution in [0.5, 0.6) is 5.75 Å². The number of benzene rings is 1. The summed E-state index contributed by atoms with van der Waals surface area (Å²) in [7, 11) is 1.71. The van der Waals surface area contributed by atoms with Gasteiger partial charge in [0, 0.05) is 26.1 Å². The molecule has 0 radical (unpaired) electrons. The van der Waals surface area contributed by atoms with Gasteiger partial charge < -0.3 is 20.3 Å². The van der Waals surface area contributed by atoms with Crippen LogP contribution in [0, 0.1) is 5.92 Å². The largest absolute Gasteiger partial charge is 0.479 e. The van der Waals surface area contributed by atoms with E-state index in [1.807, 2.05) is 12.1 Å². The Morgan fingerprint density at radius 3 is 2.60 bits per heavy atom. The third-order valence-electron chi connectivity index (χ3n) is 4.97. The number of piperidine rings is 1. The van der Waals surface area contributed by atoms with Crippen molar-refractivity contribution in [1.82, 2.24) is 4.90 Å². The van der Waals surface area contributed by atoms with Gasteiger partial charge in [0.2, 0.25) is 11.8 Å². The van der Waals surface area contributed by atoms with Crippen LogP contribution in [0.25, 0.3) is 0 Å². The Kier molecular flexibility index (Phi) is 4.65. The predicted molar refractivity (Wildman–Crippen MR) is 92.1 cm³/mol. The minimum Gasteiger partial charge on any atom is -0.479 e. The number of nitrogens with zero attached hydrogens (tertiary/aromatic N) is 2. The van der Waals surface area contributed by atoms with E-state index in [-0.39, 0.29) is 30.1 Å². The van der Waals surface area contributed by atoms with Gasteiger partial charge in [-0.1, -0.05) is 6.07 Å². The van der Waals surface area contributed by atoms with Crippen molar-refractivity contribution < 1.29 is 19.1 Å². The summed E-state index contributed by atoms with van der Waals surface area (Å²) in [5.74, 6) is 0.134. The maximum Gasteiger partial charge on any atom is 0.267 e. The third kappa shape index (κ3) is 3.45. The van der Waals surface area contributed by atoms with E-state index in [1.54, 1.807) is 29.8 Å². The molecule has 1 aromatic carbocycles. The Balaban J connectivity index is 1.67. The molecule has 3 amide bonds. The minimum absolute atomic E-state index is 0.0157. The first kappa shape index (κ1) is 17.3. The van der Waals surface area contributed by atoms with Crippen molar-refractivity contribution >= 4 is 23.4 Å². The molecular formula is C18H23N3O4. The first-order valence-electron chi connectivity index (χ1n) is 8.51. The standard InChI is InChI=1S/C18H23N3O4/c1-11-18(24)20(2)14-9-12(3-4-15(14)25-11)10-16(22)21-7-5-13(6-8-21)17(19)23/h3-4,9,11,13H,5-8,10H2,1-2H3,(H2,19,23). The van der Waals surface area contributed by atoms with Crippen LogP contribution >= 0.6 is 0 Å². The fourth-order valence-electron chi connectivity index (χ4n) is 3.37. The summed E-state index contributed by atoms with van der Waals surface area (Å²) in [6.07, 6.45) is 0.991. The zero-order valence-electron chi connectivity index (χ0n) is 14.5. The second kappa shape index (κ2) is 6.74. The van der Waals surface area contributed by atoms with Gasteiger partial charge in [0.05, 0.1) is 12.1 Å². The van der Waals surface area contributed by atoms with Crippen LogP contribution in [-0.4, -0.2) is 48.9 Å². The second-order valence-electron chi connectivity index (χ2n) is 6.69. The highest BCUT2D eigenvalue weighted by Crippen LogP contribution is 2.34. The molecule has 0 aromatic heterocycles. The van der Waals surface area contributed by atoms with Crippen molar-refractivity contribution in [3.8, 4) is 5.75 Å². The van der Waals surface area contributed by atoms with Gasteiger partial charge >= 0.3 is 0 Å². The lowest BCUT2D eigenvalue weighted by molar-refractivity contribution is -0.134. The quantitative estimate of drug-likeness (QED) is 0.872. The molecule has 25 heavy (non-hydrogen) atoms. The number of primary amides is 1. The Morgan fingerprint density at radius 1 is 1.28 bits per heavy atom. The van der Waals surface area contributed by atoms with Gasteiger partial charge in [0.15, 0.2) is 6.10 Å². The van der Waals surface area contributed by atoms with E-state index in [0.29, 0.717) is 37.4 Å². The van der Waals surface area contributed by atoms with Crippen LogP contribution in [-0.2, 0) is 20.8 Å². The molecule has 1 unspecified atom stereocenters. The number of carbonyl (C=O) groups excluding carboxylic acids is 3. The van der Waals surface area contributed by atoms with E-state index < -0.39 is 6.10 Å². The van der Waals surface area contributed by atoms with E-state index >= 15 is 0 Å². The second-order valence-corrected chi connectivity index (χ2v) is 6.69. The lowest BCUT2D eigenvalue weighted by atomic mass is 9.96. The zero-order valence-corrected chi connectivity index (χ0v) is 14.5. The van der Waals surface area contributed by atoms with Gasteiger partial charge in [0.1, 0.15) is 5.75 Å². The van der Waals surface area contributed by atoms with Crippen LogP contribution in [0.15, 0.2) is 18.2 Å². The molecule has 1 aromatic rings. The number of anilines is 1. The topological polar surface area (TPSA) is 92.9 Å². The summed E-state index contributed by atoms with van der Waals surface area (Å²) in [5.41, 5.74) is 6.84. The summed E-state index contributed by atoms with van der Waals surface area (Å²) >= 11 is 0. The molecule has 1 saturated heterocycles. The number of carbonyl (C=O) groups is 3. The Hall–Kier alpha value is -2.57. The molecule has 2 aliphatic rings. The van der Waals surface area contributed by atoms with Gasteiger partial charge in [-0.05, 0) is 37.5 Å². The van der Waals surface area contributed by atoms with Gasteiger partial charge in [-0.2, -0.15) is 0 Å². The number of likely N-dealkylation sites (tertiary alicyclic amines) is 1. The first-order valence-corrected chi connectivity index (χ1v) is 8.51. The van der Waals surface area contributed by atoms with Crippen LogP contribution < -0.4 is 15.4 Å². The molecule has 2 aliphatic heterocycles. The van der Waals surface area contributed by atoms with E-state index in [2.05, 4.69) is 0 Å². The number of rotatable bonds is 3. The number of ether oxygens (including phenoxy) is 1. The smallest absolute Gasteiger partial charge is 0.267 e. The summed E-state index contributed by atoms with van der Waals surface area (Å²) in [6, 6.07) is 5.48. The molecule has 3 rings (SSSR count). The molecule has 0 aliphatic carbocycles. The van der Waals surface area contributed by atoms with Crippen LogP contribution in [0.4, 0.5) is 5.69 Å². The minimum atomic E-state index is -0.503. The fourth-order valence-corrected chi connectivity index (χ4v) is 3.37. The van der Waals surface area contributed by atoms with Crippen LogP contribution in [0.2, 0.25) is 0 Å². The van der Waals surface area contributed by atoms with E-state index in [4.69, 9.17) is 10.5 Å². The Bertz CT molecular complexity index is 710. The van der Waals surface area contributed by atoms with Gasteiger partial charge in [0.25, 0.3) is 5.91 Å². The van der Waals surface area contributed by atoms with E-state index in [9.17, 15) is 14.4 Å². The predicted octanol–water partition coefficient (Wildman–Crippen LogP) is 0.697. The third-order valence-corrected chi connectivity index (χ3v) is 4.97. The summed E-state index contributed by atoms with van der Waals surface area (Å²) < 4.78 is 5.59. The maximum absolute atomic E-state index is 12.5. The van der Waals surface area contributed by atoms with Crippen LogP contribution in [0.3, 0.4) is 0 Å². The molecule has 1 atom stereocenters. The SMILES string of the molecule is CC1Oc2ccc(CC(=O)N3CCC(C(N)=O)CC3)cc2N(C)C1=O. The van der Waals surface area contributed by atoms with E-state index in [1.165, 1.54) is 0 Å². The highest BCUT2D eigenvalue weighted by Gasteiger charge is 2.30. The maximum atomic E-state index is 12.5. The zero-order chi connectivity index (χ0) is 18.1. The first-order chi connectivity index (χ1) is 11.9. The van der Waals surface area contributed by atoms with E-state index in [0.717, 1.165) is 5.56 Å². The van der Waals surface area contributed by atoms with Crippen molar-refractivity contribution in [2.24, 2.45) is 11.7 Å². The molecule has 7 nitrogen and oxygen atoms in total. The molecule has 1 fully saturated rings. The van der Waals surface area contributed by atoms with Crippen molar-refractivity contribution in [3.05, 3.63) is 23.8 Å². The number of hydrogen-bond donors (Lipinski definition) is 1. The molecule has 2 heterocycles. The van der Waals surface area contributed by atoms with Crippen molar-refractivity contribution in [1.29, 1.82) is 0 Å². The molecular weight excluding hydrogens is 322 g/mol. The summed E-state index contributed by atoms with van der Waals surface area (Å²) in [4.78, 5) is 39.1. The summed E-state index contributed by atoms with van der Waals surface area (Å²) in [5, 5.41) is 0. The highest BCUT2D eigenvalue weighted by atomic mass is 16.5. The molecule has 2 N–H and O–H groups in total. The van der Waals surface area contributed by atoms with Crippen LogP contribution in [0.1, 0.15) is 25.3 Å².